The molecule has 0 saturated carbocycles. The molecule has 4 aromatic rings. The fraction of sp³-hybridized carbons (Fsp3) is 0.259. The molecule has 0 atom stereocenters. The molecular formula is C27H26Cl2N4O2. The number of halogens is 2. The molecule has 0 aliphatic carbocycles. The van der Waals surface area contributed by atoms with Crippen molar-refractivity contribution >= 4 is 57.5 Å². The molecule has 0 radical (unpaired) electrons. The number of amides is 1. The van der Waals surface area contributed by atoms with Gasteiger partial charge in [0.2, 0.25) is 5.95 Å². The Labute approximate surface area is 214 Å². The molecule has 0 spiro atoms. The topological polar surface area (TPSA) is 79.0 Å². The van der Waals surface area contributed by atoms with Crippen LogP contribution in [-0.2, 0) is 6.42 Å². The van der Waals surface area contributed by atoms with E-state index < -0.39 is 5.60 Å². The van der Waals surface area contributed by atoms with Gasteiger partial charge < -0.3 is 20.4 Å². The zero-order valence-corrected chi connectivity index (χ0v) is 21.4. The number of ether oxygens (including phenoxy) is 1. The Balaban J connectivity index is 1.52. The van der Waals surface area contributed by atoms with Gasteiger partial charge in [0.25, 0.3) is 5.91 Å². The molecule has 5 rings (SSSR count). The monoisotopic (exact) mass is 508 g/mol. The second-order valence-corrected chi connectivity index (χ2v) is 10.5. The summed E-state index contributed by atoms with van der Waals surface area (Å²) in [6.45, 7) is 8.28. The van der Waals surface area contributed by atoms with E-state index in [1.165, 1.54) is 5.56 Å². The molecule has 6 nitrogen and oxygen atoms in total. The highest BCUT2D eigenvalue weighted by molar-refractivity contribution is 6.39. The normalized spacial score (nSPS) is 14.1. The van der Waals surface area contributed by atoms with Crippen molar-refractivity contribution in [1.29, 1.82) is 0 Å². The molecule has 1 aliphatic heterocycles. The first kappa shape index (κ1) is 23.5. The SMILES string of the molecule is CC(C)c1ccc(NC(=O)c2cc3[nH]c(Nc4c(Cl)cccc4Cl)nc3c3c2OC(C)(C)C3)cc1. The largest absolute Gasteiger partial charge is 0.486 e. The van der Waals surface area contributed by atoms with Crippen LogP contribution in [0.5, 0.6) is 5.75 Å². The lowest BCUT2D eigenvalue weighted by molar-refractivity contribution is 0.101. The van der Waals surface area contributed by atoms with Gasteiger partial charge in [0.05, 0.1) is 32.3 Å². The van der Waals surface area contributed by atoms with Gasteiger partial charge in [-0.15, -0.1) is 0 Å². The Morgan fingerprint density at radius 2 is 1.80 bits per heavy atom. The highest BCUT2D eigenvalue weighted by Crippen LogP contribution is 2.43. The van der Waals surface area contributed by atoms with Crippen LogP contribution in [0, 0.1) is 0 Å². The van der Waals surface area contributed by atoms with Gasteiger partial charge in [-0.05, 0) is 55.7 Å². The maximum atomic E-state index is 13.4. The Hall–Kier alpha value is -3.22. The molecule has 3 N–H and O–H groups in total. The van der Waals surface area contributed by atoms with Gasteiger partial charge in [0.1, 0.15) is 11.4 Å². The van der Waals surface area contributed by atoms with Crippen molar-refractivity contribution in [2.45, 2.75) is 45.6 Å². The van der Waals surface area contributed by atoms with Gasteiger partial charge in [-0.25, -0.2) is 4.98 Å². The van der Waals surface area contributed by atoms with E-state index in [-0.39, 0.29) is 5.91 Å². The van der Waals surface area contributed by atoms with Crippen molar-refractivity contribution in [2.24, 2.45) is 0 Å². The van der Waals surface area contributed by atoms with Crippen LogP contribution in [0.4, 0.5) is 17.3 Å². The minimum Gasteiger partial charge on any atom is -0.486 e. The summed E-state index contributed by atoms with van der Waals surface area (Å²) < 4.78 is 6.23. The number of anilines is 3. The first-order valence-corrected chi connectivity index (χ1v) is 12.2. The Kier molecular flexibility index (Phi) is 5.90. The Bertz CT molecular complexity index is 1420. The number of hydrogen-bond acceptors (Lipinski definition) is 4. The van der Waals surface area contributed by atoms with E-state index in [0.29, 0.717) is 45.3 Å². The van der Waals surface area contributed by atoms with Crippen LogP contribution in [-0.4, -0.2) is 21.5 Å². The number of benzene rings is 3. The highest BCUT2D eigenvalue weighted by atomic mass is 35.5. The molecule has 1 aliphatic rings. The van der Waals surface area contributed by atoms with Crippen LogP contribution in [0.1, 0.15) is 55.1 Å². The van der Waals surface area contributed by atoms with Crippen LogP contribution in [0.2, 0.25) is 10.0 Å². The quantitative estimate of drug-likeness (QED) is 0.258. The first-order chi connectivity index (χ1) is 16.6. The predicted octanol–water partition coefficient (Wildman–Crippen LogP) is 7.70. The number of carbonyl (C=O) groups excluding carboxylic acids is 1. The summed E-state index contributed by atoms with van der Waals surface area (Å²) in [6.07, 6.45) is 0.625. The number of nitrogens with one attached hydrogen (secondary N) is 3. The molecule has 35 heavy (non-hydrogen) atoms. The van der Waals surface area contributed by atoms with Gasteiger partial charge in [0, 0.05) is 17.7 Å². The maximum Gasteiger partial charge on any atom is 0.259 e. The zero-order chi connectivity index (χ0) is 24.9. The smallest absolute Gasteiger partial charge is 0.259 e. The van der Waals surface area contributed by atoms with E-state index in [1.54, 1.807) is 24.3 Å². The number of aromatic amines is 1. The number of rotatable bonds is 5. The number of nitrogens with zero attached hydrogens (tertiary/aromatic N) is 1. The summed E-state index contributed by atoms with van der Waals surface area (Å²) in [6, 6.07) is 15.0. The van der Waals surface area contributed by atoms with Crippen molar-refractivity contribution in [2.75, 3.05) is 10.6 Å². The Morgan fingerprint density at radius 3 is 2.46 bits per heavy atom. The van der Waals surface area contributed by atoms with E-state index in [2.05, 4.69) is 29.5 Å². The summed E-state index contributed by atoms with van der Waals surface area (Å²) in [5.41, 5.74) is 4.86. The van der Waals surface area contributed by atoms with Crippen LogP contribution in [0.3, 0.4) is 0 Å². The number of fused-ring (bicyclic) bond motifs is 3. The van der Waals surface area contributed by atoms with Crippen molar-refractivity contribution < 1.29 is 9.53 Å². The fourth-order valence-electron chi connectivity index (χ4n) is 4.33. The van der Waals surface area contributed by atoms with Crippen molar-refractivity contribution in [1.82, 2.24) is 9.97 Å². The minimum absolute atomic E-state index is 0.239. The molecule has 2 heterocycles. The molecular weight excluding hydrogens is 483 g/mol. The second-order valence-electron chi connectivity index (χ2n) is 9.70. The molecule has 0 fully saturated rings. The van der Waals surface area contributed by atoms with Gasteiger partial charge in [-0.2, -0.15) is 0 Å². The van der Waals surface area contributed by atoms with Crippen LogP contribution >= 0.6 is 23.2 Å². The Morgan fingerprint density at radius 1 is 1.11 bits per heavy atom. The molecule has 0 bridgehead atoms. The third-order valence-electron chi connectivity index (χ3n) is 6.09. The molecule has 0 saturated heterocycles. The van der Waals surface area contributed by atoms with E-state index >= 15 is 0 Å². The third kappa shape index (κ3) is 4.56. The van der Waals surface area contributed by atoms with Gasteiger partial charge in [-0.1, -0.05) is 55.2 Å². The molecule has 1 aromatic heterocycles. The van der Waals surface area contributed by atoms with Gasteiger partial charge in [0.15, 0.2) is 0 Å². The van der Waals surface area contributed by atoms with Gasteiger partial charge in [-0.3, -0.25) is 4.79 Å². The second kappa shape index (κ2) is 8.77. The van der Waals surface area contributed by atoms with Crippen LogP contribution in [0.25, 0.3) is 11.0 Å². The number of imidazole rings is 1. The van der Waals surface area contributed by atoms with Gasteiger partial charge >= 0.3 is 0 Å². The lowest BCUT2D eigenvalue weighted by atomic mass is 9.98. The standard InChI is InChI=1S/C27H26Cl2N4O2/c1-14(2)15-8-10-16(11-9-15)30-25(34)17-12-21-22(18-13-27(3,4)35-24(17)18)32-26(31-21)33-23-19(28)6-5-7-20(23)29/h5-12,14H,13H2,1-4H3,(H,30,34)(H2,31,32,33). The van der Waals surface area contributed by atoms with E-state index in [0.717, 1.165) is 22.3 Å². The molecule has 3 aromatic carbocycles. The number of H-pyrrole nitrogens is 1. The summed E-state index contributed by atoms with van der Waals surface area (Å²) >= 11 is 12.6. The molecule has 1 amide bonds. The summed E-state index contributed by atoms with van der Waals surface area (Å²) in [5.74, 6) is 1.22. The van der Waals surface area contributed by atoms with Crippen LogP contribution < -0.4 is 15.4 Å². The number of aromatic nitrogens is 2. The number of carbonyl (C=O) groups is 1. The average molecular weight is 509 g/mol. The van der Waals surface area contributed by atoms with E-state index in [9.17, 15) is 4.79 Å². The molecule has 180 valence electrons. The van der Waals surface area contributed by atoms with E-state index in [1.807, 2.05) is 38.1 Å². The highest BCUT2D eigenvalue weighted by Gasteiger charge is 2.36. The zero-order valence-electron chi connectivity index (χ0n) is 19.9. The molecule has 8 heteroatoms. The summed E-state index contributed by atoms with van der Waals surface area (Å²) in [5, 5.41) is 7.14. The summed E-state index contributed by atoms with van der Waals surface area (Å²) in [4.78, 5) is 21.4. The van der Waals surface area contributed by atoms with Crippen molar-refractivity contribution in [3.05, 3.63) is 75.3 Å². The lowest BCUT2D eigenvalue weighted by Crippen LogP contribution is -2.25. The van der Waals surface area contributed by atoms with E-state index in [4.69, 9.17) is 32.9 Å². The predicted molar refractivity (Wildman–Crippen MR) is 143 cm³/mol. The average Bonchev–Trinajstić information content (AvgIpc) is 3.35. The summed E-state index contributed by atoms with van der Waals surface area (Å²) in [7, 11) is 0. The van der Waals surface area contributed by atoms with Crippen LogP contribution in [0.15, 0.2) is 48.5 Å². The molecule has 0 unspecified atom stereocenters. The maximum absolute atomic E-state index is 13.4. The number of para-hydroxylation sites is 1. The van der Waals surface area contributed by atoms with Crippen molar-refractivity contribution in [3.63, 3.8) is 0 Å². The first-order valence-electron chi connectivity index (χ1n) is 11.5. The number of hydrogen-bond donors (Lipinski definition) is 3. The minimum atomic E-state index is -0.455. The lowest BCUT2D eigenvalue weighted by Gasteiger charge is -2.18. The van der Waals surface area contributed by atoms with Crippen molar-refractivity contribution in [3.8, 4) is 5.75 Å². The fourth-order valence-corrected chi connectivity index (χ4v) is 4.83. The third-order valence-corrected chi connectivity index (χ3v) is 6.72.